The molecule has 2 aliphatic rings. The molecule has 1 aliphatic carbocycles. The van der Waals surface area contributed by atoms with Crippen LogP contribution in [0, 0.1) is 5.92 Å². The molecule has 0 spiro atoms. The van der Waals surface area contributed by atoms with Gasteiger partial charge in [0, 0.05) is 32.9 Å². The van der Waals surface area contributed by atoms with Crippen molar-refractivity contribution in [3.8, 4) is 0 Å². The van der Waals surface area contributed by atoms with Crippen molar-refractivity contribution in [3.05, 3.63) is 24.5 Å². The van der Waals surface area contributed by atoms with Gasteiger partial charge in [-0.05, 0) is 25.2 Å². The van der Waals surface area contributed by atoms with Crippen LogP contribution in [-0.4, -0.2) is 46.8 Å². The minimum Gasteiger partial charge on any atom is -0.307 e. The first-order valence-electron chi connectivity index (χ1n) is 7.39. The van der Waals surface area contributed by atoms with Gasteiger partial charge in [-0.3, -0.25) is 14.4 Å². The maximum atomic E-state index is 12.3. The highest BCUT2D eigenvalue weighted by Gasteiger charge is 2.27. The van der Waals surface area contributed by atoms with E-state index in [2.05, 4.69) is 22.2 Å². The van der Waals surface area contributed by atoms with Crippen molar-refractivity contribution in [1.82, 2.24) is 14.7 Å². The molecule has 0 saturated carbocycles. The number of nitrogens with zero attached hydrogens (tertiary/aromatic N) is 4. The van der Waals surface area contributed by atoms with Gasteiger partial charge >= 0.3 is 0 Å². The Balaban J connectivity index is 1.56. The number of allylic oxidation sites excluding steroid dienone is 2. The summed E-state index contributed by atoms with van der Waals surface area (Å²) >= 11 is 0. The second-order valence-corrected chi connectivity index (χ2v) is 5.80. The molecule has 1 fully saturated rings. The first-order chi connectivity index (χ1) is 9.72. The number of aromatic nitrogens is 2. The second kappa shape index (κ2) is 5.79. The van der Waals surface area contributed by atoms with Crippen molar-refractivity contribution in [1.29, 1.82) is 0 Å². The summed E-state index contributed by atoms with van der Waals surface area (Å²) in [7, 11) is 1.88. The third-order valence-electron chi connectivity index (χ3n) is 4.20. The van der Waals surface area contributed by atoms with Crippen LogP contribution in [-0.2, 0) is 11.8 Å². The van der Waals surface area contributed by atoms with Crippen molar-refractivity contribution >= 4 is 11.6 Å². The summed E-state index contributed by atoms with van der Waals surface area (Å²) in [5.41, 5.74) is 0.915. The number of piperazine rings is 1. The highest BCUT2D eigenvalue weighted by molar-refractivity contribution is 5.95. The highest BCUT2D eigenvalue weighted by Crippen LogP contribution is 2.21. The minimum absolute atomic E-state index is 0.190. The number of amides is 1. The van der Waals surface area contributed by atoms with Gasteiger partial charge in [0.05, 0.1) is 18.4 Å². The van der Waals surface area contributed by atoms with E-state index in [0.29, 0.717) is 6.54 Å². The van der Waals surface area contributed by atoms with E-state index in [9.17, 15) is 4.79 Å². The van der Waals surface area contributed by atoms with E-state index < -0.39 is 0 Å². The first-order valence-corrected chi connectivity index (χ1v) is 7.39. The number of anilines is 1. The van der Waals surface area contributed by atoms with E-state index in [0.717, 1.165) is 37.7 Å². The maximum Gasteiger partial charge on any atom is 0.241 e. The number of carbonyl (C=O) groups is 1. The van der Waals surface area contributed by atoms with Crippen LogP contribution in [0.5, 0.6) is 0 Å². The highest BCUT2D eigenvalue weighted by atomic mass is 16.2. The van der Waals surface area contributed by atoms with E-state index in [-0.39, 0.29) is 5.91 Å². The van der Waals surface area contributed by atoms with Gasteiger partial charge in [-0.1, -0.05) is 12.2 Å². The average molecular weight is 274 g/mol. The van der Waals surface area contributed by atoms with Crippen molar-refractivity contribution in [2.24, 2.45) is 13.0 Å². The quantitative estimate of drug-likeness (QED) is 0.783. The molecule has 1 amide bonds. The third kappa shape index (κ3) is 2.93. The summed E-state index contributed by atoms with van der Waals surface area (Å²) in [5.74, 6) is 0.911. The summed E-state index contributed by atoms with van der Waals surface area (Å²) < 4.78 is 1.74. The van der Waals surface area contributed by atoms with Crippen molar-refractivity contribution in [3.63, 3.8) is 0 Å². The number of hydrogen-bond donors (Lipinski definition) is 0. The minimum atomic E-state index is 0.190. The molecule has 5 heteroatoms. The molecule has 0 N–H and O–H groups in total. The lowest BCUT2D eigenvalue weighted by Gasteiger charge is -2.35. The predicted molar refractivity (Wildman–Crippen MR) is 78.5 cm³/mol. The molecule has 0 aromatic carbocycles. The van der Waals surface area contributed by atoms with E-state index in [1.165, 1.54) is 12.8 Å². The molecule has 0 radical (unpaired) electrons. The largest absolute Gasteiger partial charge is 0.307 e. The van der Waals surface area contributed by atoms with Crippen LogP contribution in [0.2, 0.25) is 0 Å². The Labute approximate surface area is 119 Å². The second-order valence-electron chi connectivity index (χ2n) is 5.80. The van der Waals surface area contributed by atoms with Crippen LogP contribution in [0.1, 0.15) is 19.3 Å². The summed E-state index contributed by atoms with van der Waals surface area (Å²) in [6.45, 7) is 3.32. The maximum absolute atomic E-state index is 12.3. The Morgan fingerprint density at radius 3 is 2.90 bits per heavy atom. The predicted octanol–water partition coefficient (Wildman–Crippen LogP) is 1.42. The number of hydrogen-bond acceptors (Lipinski definition) is 3. The standard InChI is InChI=1S/C15H22N4O/c1-17-11-14(9-16-17)19-8-7-18(12-15(19)20)10-13-5-3-2-4-6-13/h2-3,9,11,13H,4-8,10,12H2,1H3. The average Bonchev–Trinajstić information content (AvgIpc) is 2.86. The monoisotopic (exact) mass is 274 g/mol. The lowest BCUT2D eigenvalue weighted by molar-refractivity contribution is -0.121. The van der Waals surface area contributed by atoms with Gasteiger partial charge in [0.2, 0.25) is 5.91 Å². The molecule has 0 bridgehead atoms. The van der Waals surface area contributed by atoms with Gasteiger partial charge in [-0.15, -0.1) is 0 Å². The molecule has 1 atom stereocenters. The molecule has 108 valence electrons. The molecular weight excluding hydrogens is 252 g/mol. The normalized spacial score (nSPS) is 24.4. The van der Waals surface area contributed by atoms with E-state index in [1.54, 1.807) is 10.9 Å². The fraction of sp³-hybridized carbons (Fsp3) is 0.600. The van der Waals surface area contributed by atoms with E-state index in [4.69, 9.17) is 0 Å². The molecule has 3 rings (SSSR count). The number of aryl methyl sites for hydroxylation is 1. The van der Waals surface area contributed by atoms with E-state index in [1.807, 2.05) is 18.1 Å². The summed E-state index contributed by atoms with van der Waals surface area (Å²) in [6, 6.07) is 0. The Morgan fingerprint density at radius 1 is 1.35 bits per heavy atom. The van der Waals surface area contributed by atoms with Crippen molar-refractivity contribution < 1.29 is 4.79 Å². The molecule has 1 aliphatic heterocycles. The Bertz CT molecular complexity index is 508. The van der Waals surface area contributed by atoms with Crippen LogP contribution in [0.4, 0.5) is 5.69 Å². The van der Waals surface area contributed by atoms with Crippen LogP contribution in [0.25, 0.3) is 0 Å². The van der Waals surface area contributed by atoms with Gasteiger partial charge in [-0.25, -0.2) is 0 Å². The lowest BCUT2D eigenvalue weighted by atomic mass is 9.94. The van der Waals surface area contributed by atoms with Crippen LogP contribution in [0.15, 0.2) is 24.5 Å². The molecule has 5 nitrogen and oxygen atoms in total. The van der Waals surface area contributed by atoms with Crippen LogP contribution >= 0.6 is 0 Å². The van der Waals surface area contributed by atoms with Gasteiger partial charge < -0.3 is 4.90 Å². The van der Waals surface area contributed by atoms with Crippen LogP contribution < -0.4 is 4.90 Å². The summed E-state index contributed by atoms with van der Waals surface area (Å²) in [5, 5.41) is 4.14. The molecule has 1 unspecified atom stereocenters. The fourth-order valence-corrected chi connectivity index (χ4v) is 3.09. The Kier molecular flexibility index (Phi) is 3.87. The molecule has 20 heavy (non-hydrogen) atoms. The number of carbonyl (C=O) groups excluding carboxylic acids is 1. The Hall–Kier alpha value is -1.62. The number of rotatable bonds is 3. The fourth-order valence-electron chi connectivity index (χ4n) is 3.09. The van der Waals surface area contributed by atoms with Crippen LogP contribution in [0.3, 0.4) is 0 Å². The molecule has 2 heterocycles. The smallest absolute Gasteiger partial charge is 0.241 e. The summed E-state index contributed by atoms with van der Waals surface area (Å²) in [6.07, 6.45) is 11.8. The molecular formula is C15H22N4O. The zero-order valence-corrected chi connectivity index (χ0v) is 12.0. The lowest BCUT2D eigenvalue weighted by Crippen LogP contribution is -2.51. The van der Waals surface area contributed by atoms with Gasteiger partial charge in [0.1, 0.15) is 0 Å². The first kappa shape index (κ1) is 13.4. The van der Waals surface area contributed by atoms with Gasteiger partial charge in [0.25, 0.3) is 0 Å². The SMILES string of the molecule is Cn1cc(N2CCN(CC3CC=CCC3)CC2=O)cn1. The molecule has 1 aromatic rings. The zero-order valence-electron chi connectivity index (χ0n) is 12.0. The van der Waals surface area contributed by atoms with E-state index >= 15 is 0 Å². The van der Waals surface area contributed by atoms with Crippen molar-refractivity contribution in [2.75, 3.05) is 31.1 Å². The molecule has 1 saturated heterocycles. The van der Waals surface area contributed by atoms with Gasteiger partial charge in [-0.2, -0.15) is 5.10 Å². The Morgan fingerprint density at radius 2 is 2.25 bits per heavy atom. The third-order valence-corrected chi connectivity index (χ3v) is 4.20. The van der Waals surface area contributed by atoms with Crippen molar-refractivity contribution in [2.45, 2.75) is 19.3 Å². The molecule has 1 aromatic heterocycles. The zero-order chi connectivity index (χ0) is 13.9. The summed E-state index contributed by atoms with van der Waals surface area (Å²) in [4.78, 5) is 16.4. The topological polar surface area (TPSA) is 41.4 Å². The van der Waals surface area contributed by atoms with Gasteiger partial charge in [0.15, 0.2) is 0 Å².